The summed E-state index contributed by atoms with van der Waals surface area (Å²) in [5.74, 6) is 0. The van der Waals surface area contributed by atoms with Gasteiger partial charge in [-0.25, -0.2) is 0 Å². The van der Waals surface area contributed by atoms with Crippen LogP contribution >= 0.6 is 8.58 Å². The van der Waals surface area contributed by atoms with Crippen molar-refractivity contribution in [3.8, 4) is 0 Å². The molecule has 0 rings (SSSR count). The van der Waals surface area contributed by atoms with E-state index in [1.807, 2.05) is 0 Å². The van der Waals surface area contributed by atoms with Crippen LogP contribution in [0.2, 0.25) is 0 Å². The number of carbonyl (C=O) groups is 1. The van der Waals surface area contributed by atoms with E-state index >= 15 is 0 Å². The van der Waals surface area contributed by atoms with Crippen molar-refractivity contribution in [2.75, 3.05) is 19.9 Å². The van der Waals surface area contributed by atoms with Gasteiger partial charge >= 0.3 is 0 Å². The van der Waals surface area contributed by atoms with Crippen LogP contribution in [0.3, 0.4) is 0 Å². The highest BCUT2D eigenvalue weighted by Crippen LogP contribution is 2.31. The molecule has 0 N–H and O–H groups in total. The lowest BCUT2D eigenvalue weighted by Crippen LogP contribution is -2.10. The maximum absolute atomic E-state index is 10.1. The summed E-state index contributed by atoms with van der Waals surface area (Å²) in [5, 5.41) is 0.301. The Hall–Kier alpha value is -0.200. The van der Waals surface area contributed by atoms with Crippen LogP contribution in [-0.2, 0) is 9.53 Å². The molecule has 3 heteroatoms. The third-order valence-electron chi connectivity index (χ3n) is 2.53. The maximum Gasteiger partial charge on any atom is 0.145 e. The number of rotatable bonds is 9. The third-order valence-corrected chi connectivity index (χ3v) is 3.97. The third kappa shape index (κ3) is 8.01. The van der Waals surface area contributed by atoms with Gasteiger partial charge in [-0.1, -0.05) is 38.8 Å². The summed E-state index contributed by atoms with van der Waals surface area (Å²) >= 11 is 0. The Morgan fingerprint density at radius 3 is 2.56 bits per heavy atom. The zero-order valence-corrected chi connectivity index (χ0v) is 12.0. The van der Waals surface area contributed by atoms with Crippen molar-refractivity contribution in [2.24, 2.45) is 0 Å². The average molecular weight is 244 g/mol. The quantitative estimate of drug-likeness (QED) is 0.269. The summed E-state index contributed by atoms with van der Waals surface area (Å²) in [5.41, 5.74) is 1.47. The van der Waals surface area contributed by atoms with Crippen molar-refractivity contribution in [3.63, 3.8) is 0 Å². The highest BCUT2D eigenvalue weighted by Gasteiger charge is 2.12. The number of hydrogen-bond acceptors (Lipinski definition) is 2. The molecule has 0 aromatic heterocycles. The molecule has 0 spiro atoms. The van der Waals surface area contributed by atoms with E-state index in [1.54, 1.807) is 0 Å². The minimum atomic E-state index is 0.221. The van der Waals surface area contributed by atoms with Gasteiger partial charge in [0.1, 0.15) is 12.9 Å². The summed E-state index contributed by atoms with van der Waals surface area (Å²) in [6, 6.07) is 0. The molecule has 0 radical (unpaired) electrons. The van der Waals surface area contributed by atoms with Crippen LogP contribution in [0.1, 0.15) is 40.0 Å². The highest BCUT2D eigenvalue weighted by atomic mass is 31.1. The lowest BCUT2D eigenvalue weighted by molar-refractivity contribution is -0.111. The number of hydrogen-bond donors (Lipinski definition) is 0. The number of allylic oxidation sites excluding steroid dienone is 1. The predicted octanol–water partition coefficient (Wildman–Crippen LogP) is 3.41. The molecular formula is C13H25O2P. The van der Waals surface area contributed by atoms with E-state index in [1.165, 1.54) is 12.0 Å². The van der Waals surface area contributed by atoms with E-state index in [0.29, 0.717) is 11.8 Å². The molecule has 0 aromatic carbocycles. The van der Waals surface area contributed by atoms with Crippen LogP contribution in [0.5, 0.6) is 0 Å². The first-order valence-corrected chi connectivity index (χ1v) is 7.46. The van der Waals surface area contributed by atoms with Gasteiger partial charge in [-0.15, -0.1) is 8.58 Å². The number of carbonyl (C=O) groups excluding carboxylic acids is 1. The second kappa shape index (κ2) is 8.90. The number of aldehydes is 1. The monoisotopic (exact) mass is 244 g/mol. The van der Waals surface area contributed by atoms with Crippen LogP contribution in [0, 0.1) is 0 Å². The largest absolute Gasteiger partial charge is 0.374 e. The summed E-state index contributed by atoms with van der Waals surface area (Å²) in [6.45, 7) is 9.86. The van der Waals surface area contributed by atoms with Crippen molar-refractivity contribution in [1.82, 2.24) is 0 Å². The van der Waals surface area contributed by atoms with Gasteiger partial charge in [0.25, 0.3) is 0 Å². The molecule has 0 aliphatic rings. The molecule has 1 atom stereocenters. The van der Waals surface area contributed by atoms with Crippen molar-refractivity contribution < 1.29 is 9.53 Å². The Kier molecular flexibility index (Phi) is 8.78. The molecule has 0 heterocycles. The van der Waals surface area contributed by atoms with E-state index in [-0.39, 0.29) is 6.61 Å². The van der Waals surface area contributed by atoms with Crippen LogP contribution < -0.4 is 0 Å². The fourth-order valence-electron chi connectivity index (χ4n) is 1.51. The van der Waals surface area contributed by atoms with Crippen molar-refractivity contribution >= 4 is 14.9 Å². The molecule has 0 aliphatic heterocycles. The van der Waals surface area contributed by atoms with E-state index in [4.69, 9.17) is 4.74 Å². The van der Waals surface area contributed by atoms with Crippen LogP contribution in [0.15, 0.2) is 11.6 Å². The first kappa shape index (κ1) is 15.8. The molecule has 2 nitrogen and oxygen atoms in total. The second-order valence-electron chi connectivity index (χ2n) is 4.52. The number of ether oxygens (including phenoxy) is 1. The van der Waals surface area contributed by atoms with E-state index in [0.717, 1.165) is 27.7 Å². The van der Waals surface area contributed by atoms with Gasteiger partial charge in [-0.2, -0.15) is 0 Å². The Labute approximate surface area is 102 Å². The molecule has 0 aliphatic carbocycles. The highest BCUT2D eigenvalue weighted by molar-refractivity contribution is 7.39. The molecule has 1 unspecified atom stereocenters. The fourth-order valence-corrected chi connectivity index (χ4v) is 1.86. The first-order chi connectivity index (χ1) is 7.55. The minimum absolute atomic E-state index is 0.221. The van der Waals surface area contributed by atoms with E-state index in [9.17, 15) is 4.79 Å². The van der Waals surface area contributed by atoms with E-state index < -0.39 is 0 Å². The van der Waals surface area contributed by atoms with Gasteiger partial charge in [0.2, 0.25) is 0 Å². The minimum Gasteiger partial charge on any atom is -0.374 e. The molecule has 0 amide bonds. The Morgan fingerprint density at radius 2 is 2.06 bits per heavy atom. The molecule has 16 heavy (non-hydrogen) atoms. The summed E-state index contributed by atoms with van der Waals surface area (Å²) in [6.07, 6.45) is 6.45. The molecular weight excluding hydrogens is 219 g/mol. The smallest absolute Gasteiger partial charge is 0.145 e. The molecule has 0 fully saturated rings. The SMILES string of the molecule is CCC/C(=C\C(C)(C)PC)CCOCC=O. The molecule has 0 bridgehead atoms. The van der Waals surface area contributed by atoms with Gasteiger partial charge in [0.05, 0.1) is 6.61 Å². The lowest BCUT2D eigenvalue weighted by atomic mass is 10.0. The van der Waals surface area contributed by atoms with Gasteiger partial charge in [-0.05, 0) is 24.7 Å². The van der Waals surface area contributed by atoms with Crippen LogP contribution in [-0.4, -0.2) is 31.3 Å². The Morgan fingerprint density at radius 1 is 1.38 bits per heavy atom. The summed E-state index contributed by atoms with van der Waals surface area (Å²) in [4.78, 5) is 10.1. The molecule has 0 aromatic rings. The van der Waals surface area contributed by atoms with Crippen molar-refractivity contribution in [2.45, 2.75) is 45.2 Å². The fraction of sp³-hybridized carbons (Fsp3) is 0.769. The van der Waals surface area contributed by atoms with Crippen LogP contribution in [0.4, 0.5) is 0 Å². The van der Waals surface area contributed by atoms with Gasteiger partial charge in [0.15, 0.2) is 0 Å². The first-order valence-electron chi connectivity index (χ1n) is 5.96. The zero-order valence-electron chi connectivity index (χ0n) is 11.0. The maximum atomic E-state index is 10.1. The predicted molar refractivity (Wildman–Crippen MR) is 72.8 cm³/mol. The van der Waals surface area contributed by atoms with Crippen molar-refractivity contribution in [1.29, 1.82) is 0 Å². The topological polar surface area (TPSA) is 26.3 Å². The lowest BCUT2D eigenvalue weighted by Gasteiger charge is -2.20. The zero-order chi connectivity index (χ0) is 12.4. The molecule has 0 saturated carbocycles. The standard InChI is InChI=1S/C13H25O2P/c1-5-6-12(7-9-15-10-8-14)11-13(2,3)16-4/h8,11,16H,5-7,9-10H2,1-4H3/b12-11+. The molecule has 94 valence electrons. The normalized spacial score (nSPS) is 13.6. The Bertz CT molecular complexity index is 222. The second-order valence-corrected chi connectivity index (χ2v) is 6.30. The van der Waals surface area contributed by atoms with Gasteiger partial charge in [-0.3, -0.25) is 0 Å². The van der Waals surface area contributed by atoms with Crippen molar-refractivity contribution in [3.05, 3.63) is 11.6 Å². The van der Waals surface area contributed by atoms with Gasteiger partial charge in [0, 0.05) is 0 Å². The summed E-state index contributed by atoms with van der Waals surface area (Å²) in [7, 11) is 0.914. The van der Waals surface area contributed by atoms with Gasteiger partial charge < -0.3 is 9.53 Å². The average Bonchev–Trinajstić information content (AvgIpc) is 2.24. The summed E-state index contributed by atoms with van der Waals surface area (Å²) < 4.78 is 5.20. The van der Waals surface area contributed by atoms with Crippen LogP contribution in [0.25, 0.3) is 0 Å². The molecule has 0 saturated heterocycles. The Balaban J connectivity index is 4.20. The van der Waals surface area contributed by atoms with E-state index in [2.05, 4.69) is 33.5 Å².